The number of anilines is 3. The molecule has 6 nitrogen and oxygen atoms in total. The third kappa shape index (κ3) is 5.95. The number of rotatable bonds is 3. The second kappa shape index (κ2) is 10.7. The van der Waals surface area contributed by atoms with Crippen LogP contribution < -0.4 is 21.3 Å². The number of halogens is 1. The van der Waals surface area contributed by atoms with Crippen LogP contribution in [0.15, 0.2) is 54.6 Å². The van der Waals surface area contributed by atoms with Gasteiger partial charge in [0.2, 0.25) is 0 Å². The molecule has 0 spiro atoms. The summed E-state index contributed by atoms with van der Waals surface area (Å²) in [5.74, 6) is 1.12. The first-order chi connectivity index (χ1) is 16.7. The van der Waals surface area contributed by atoms with Gasteiger partial charge in [0.15, 0.2) is 0 Å². The van der Waals surface area contributed by atoms with Crippen LogP contribution in [0.1, 0.15) is 37.2 Å². The molecule has 2 unspecified atom stereocenters. The molecular weight excluding hydrogens is 456 g/mol. The SMILES string of the molecule is CN(C)c1ccc2nc(Cl)ccc2c1.CN(C)c1ccc2nc(N)c(C3CCCC(N)C3)cc2c1. The van der Waals surface area contributed by atoms with Gasteiger partial charge in [0, 0.05) is 56.4 Å². The van der Waals surface area contributed by atoms with Crippen molar-refractivity contribution in [1.29, 1.82) is 0 Å². The fraction of sp³-hybridized carbons (Fsp3) is 0.357. The average Bonchev–Trinajstić information content (AvgIpc) is 2.83. The van der Waals surface area contributed by atoms with Gasteiger partial charge < -0.3 is 21.3 Å². The van der Waals surface area contributed by atoms with Crippen molar-refractivity contribution in [3.05, 3.63) is 65.3 Å². The molecule has 0 saturated heterocycles. The lowest BCUT2D eigenvalue weighted by molar-refractivity contribution is 0.394. The highest BCUT2D eigenvalue weighted by atomic mass is 35.5. The molecule has 2 aromatic carbocycles. The van der Waals surface area contributed by atoms with Crippen LogP contribution in [0.25, 0.3) is 21.8 Å². The van der Waals surface area contributed by atoms with Crippen molar-refractivity contribution in [2.24, 2.45) is 5.73 Å². The van der Waals surface area contributed by atoms with Crippen molar-refractivity contribution < 1.29 is 0 Å². The minimum atomic E-state index is 0.298. The van der Waals surface area contributed by atoms with Crippen LogP contribution in [0.5, 0.6) is 0 Å². The van der Waals surface area contributed by atoms with E-state index in [2.05, 4.69) is 44.0 Å². The summed E-state index contributed by atoms with van der Waals surface area (Å²) in [6.07, 6.45) is 4.49. The molecule has 0 radical (unpaired) electrons. The van der Waals surface area contributed by atoms with Crippen LogP contribution in [0.3, 0.4) is 0 Å². The maximum absolute atomic E-state index is 6.20. The van der Waals surface area contributed by atoms with Crippen molar-refractivity contribution in [3.8, 4) is 0 Å². The van der Waals surface area contributed by atoms with Crippen LogP contribution in [-0.4, -0.2) is 44.2 Å². The Hall–Kier alpha value is -3.09. The molecule has 1 aliphatic carbocycles. The first kappa shape index (κ1) is 25.0. The zero-order valence-corrected chi connectivity index (χ0v) is 21.8. The highest BCUT2D eigenvalue weighted by molar-refractivity contribution is 6.29. The molecule has 7 heteroatoms. The topological polar surface area (TPSA) is 84.3 Å². The van der Waals surface area contributed by atoms with Crippen LogP contribution in [0.2, 0.25) is 5.15 Å². The summed E-state index contributed by atoms with van der Waals surface area (Å²) in [7, 11) is 8.13. The van der Waals surface area contributed by atoms with Gasteiger partial charge in [-0.15, -0.1) is 0 Å². The van der Waals surface area contributed by atoms with E-state index in [4.69, 9.17) is 23.1 Å². The van der Waals surface area contributed by atoms with Crippen molar-refractivity contribution in [3.63, 3.8) is 0 Å². The Bertz CT molecular complexity index is 1320. The minimum Gasteiger partial charge on any atom is -0.383 e. The zero-order valence-electron chi connectivity index (χ0n) is 21.0. The van der Waals surface area contributed by atoms with E-state index < -0.39 is 0 Å². The van der Waals surface area contributed by atoms with E-state index in [1.807, 2.05) is 58.5 Å². The monoisotopic (exact) mass is 490 g/mol. The Kier molecular flexibility index (Phi) is 7.63. The van der Waals surface area contributed by atoms with Gasteiger partial charge in [-0.3, -0.25) is 0 Å². The molecule has 1 fully saturated rings. The Balaban J connectivity index is 0.000000179. The molecule has 0 amide bonds. The standard InChI is InChI=1S/C17H24N4.C11H11ClN2/c1-21(2)14-6-7-16-12(9-14)10-15(17(19)20-16)11-4-3-5-13(18)8-11;1-14(2)9-4-5-10-8(7-9)3-6-11(12)13-10/h6-7,9-11,13H,3-5,8,18H2,1-2H3,(H2,19,20);3-7H,1-2H3. The quantitative estimate of drug-likeness (QED) is 0.352. The van der Waals surface area contributed by atoms with Gasteiger partial charge in [0.25, 0.3) is 0 Å². The summed E-state index contributed by atoms with van der Waals surface area (Å²) in [5.41, 5.74) is 17.7. The van der Waals surface area contributed by atoms with E-state index in [9.17, 15) is 0 Å². The van der Waals surface area contributed by atoms with Gasteiger partial charge in [-0.2, -0.15) is 0 Å². The van der Waals surface area contributed by atoms with Crippen molar-refractivity contribution in [1.82, 2.24) is 9.97 Å². The van der Waals surface area contributed by atoms with Gasteiger partial charge in [-0.05, 0) is 85.3 Å². The van der Waals surface area contributed by atoms with Crippen LogP contribution >= 0.6 is 11.6 Å². The molecule has 2 heterocycles. The van der Waals surface area contributed by atoms with E-state index >= 15 is 0 Å². The summed E-state index contributed by atoms with van der Waals surface area (Å²) >= 11 is 5.80. The summed E-state index contributed by atoms with van der Waals surface area (Å²) in [4.78, 5) is 13.0. The molecule has 2 atom stereocenters. The van der Waals surface area contributed by atoms with Crippen molar-refractivity contribution in [2.75, 3.05) is 43.7 Å². The summed E-state index contributed by atoms with van der Waals surface area (Å²) in [6, 6.07) is 18.7. The molecule has 4 aromatic rings. The fourth-order valence-electron chi connectivity index (χ4n) is 4.68. The predicted molar refractivity (Wildman–Crippen MR) is 151 cm³/mol. The fourth-order valence-corrected chi connectivity index (χ4v) is 4.83. The third-order valence-electron chi connectivity index (χ3n) is 6.68. The van der Waals surface area contributed by atoms with E-state index in [0.717, 1.165) is 34.6 Å². The maximum atomic E-state index is 6.20. The molecule has 4 N–H and O–H groups in total. The third-order valence-corrected chi connectivity index (χ3v) is 6.90. The largest absolute Gasteiger partial charge is 0.383 e. The second-order valence-electron chi connectivity index (χ2n) is 9.76. The smallest absolute Gasteiger partial charge is 0.129 e. The Morgan fingerprint density at radius 2 is 1.43 bits per heavy atom. The van der Waals surface area contributed by atoms with Crippen molar-refractivity contribution in [2.45, 2.75) is 37.6 Å². The van der Waals surface area contributed by atoms with Gasteiger partial charge in [-0.1, -0.05) is 18.0 Å². The molecule has 184 valence electrons. The molecule has 35 heavy (non-hydrogen) atoms. The molecule has 1 saturated carbocycles. The number of hydrogen-bond donors (Lipinski definition) is 2. The summed E-state index contributed by atoms with van der Waals surface area (Å²) in [5, 5.41) is 2.81. The highest BCUT2D eigenvalue weighted by Crippen LogP contribution is 2.36. The van der Waals surface area contributed by atoms with Crippen LogP contribution in [0.4, 0.5) is 17.2 Å². The molecular formula is C28H35ClN6. The number of hydrogen-bond acceptors (Lipinski definition) is 6. The van der Waals surface area contributed by atoms with E-state index in [-0.39, 0.29) is 0 Å². The number of nitrogens with zero attached hydrogens (tertiary/aromatic N) is 4. The lowest BCUT2D eigenvalue weighted by Gasteiger charge is -2.27. The second-order valence-corrected chi connectivity index (χ2v) is 10.2. The first-order valence-electron chi connectivity index (χ1n) is 12.1. The summed E-state index contributed by atoms with van der Waals surface area (Å²) < 4.78 is 0. The normalized spacial score (nSPS) is 17.7. The maximum Gasteiger partial charge on any atom is 0.129 e. The predicted octanol–water partition coefficient (Wildman–Crippen LogP) is 5.82. The van der Waals surface area contributed by atoms with Crippen LogP contribution in [0, 0.1) is 0 Å². The molecule has 0 aliphatic heterocycles. The van der Waals surface area contributed by atoms with Gasteiger partial charge >= 0.3 is 0 Å². The van der Waals surface area contributed by atoms with E-state index in [1.165, 1.54) is 29.8 Å². The molecule has 2 aromatic heterocycles. The first-order valence-corrected chi connectivity index (χ1v) is 12.5. The number of pyridine rings is 2. The number of nitrogen functional groups attached to an aromatic ring is 1. The van der Waals surface area contributed by atoms with Gasteiger partial charge in [-0.25, -0.2) is 9.97 Å². The number of fused-ring (bicyclic) bond motifs is 2. The number of benzene rings is 2. The minimum absolute atomic E-state index is 0.298. The van der Waals surface area contributed by atoms with Gasteiger partial charge in [0.1, 0.15) is 11.0 Å². The van der Waals surface area contributed by atoms with E-state index in [0.29, 0.717) is 22.9 Å². The molecule has 5 rings (SSSR count). The number of nitrogens with two attached hydrogens (primary N) is 2. The molecule has 0 bridgehead atoms. The van der Waals surface area contributed by atoms with E-state index in [1.54, 1.807) is 0 Å². The Morgan fingerprint density at radius 3 is 2.06 bits per heavy atom. The van der Waals surface area contributed by atoms with Gasteiger partial charge in [0.05, 0.1) is 11.0 Å². The highest BCUT2D eigenvalue weighted by Gasteiger charge is 2.23. The lowest BCUT2D eigenvalue weighted by atomic mass is 9.81. The Labute approximate surface area is 212 Å². The molecule has 1 aliphatic rings. The van der Waals surface area contributed by atoms with Crippen molar-refractivity contribution >= 4 is 50.6 Å². The average molecular weight is 491 g/mol. The summed E-state index contributed by atoms with van der Waals surface area (Å²) in [6.45, 7) is 0. The zero-order chi connectivity index (χ0) is 25.1. The van der Waals surface area contributed by atoms with Crippen LogP contribution in [-0.2, 0) is 0 Å². The lowest BCUT2D eigenvalue weighted by Crippen LogP contribution is -2.27. The Morgan fingerprint density at radius 1 is 0.800 bits per heavy atom. The number of aromatic nitrogens is 2.